The summed E-state index contributed by atoms with van der Waals surface area (Å²) < 4.78 is 33.5. The monoisotopic (exact) mass is 262 g/mol. The smallest absolute Gasteiger partial charge is 0.330 e. The summed E-state index contributed by atoms with van der Waals surface area (Å²) in [5.74, 6) is -3.15. The highest BCUT2D eigenvalue weighted by atomic mass is 19.2. The van der Waals surface area contributed by atoms with Crippen molar-refractivity contribution in [3.8, 4) is 0 Å². The van der Waals surface area contributed by atoms with E-state index in [-0.39, 0.29) is 5.56 Å². The molecule has 3 N–H and O–H groups in total. The number of ether oxygens (including phenoxy) is 1. The fourth-order valence-electron chi connectivity index (χ4n) is 1.78. The lowest BCUT2D eigenvalue weighted by molar-refractivity contribution is -0.180. The Morgan fingerprint density at radius 2 is 2.44 bits per heavy atom. The Kier molecular flexibility index (Phi) is 2.49. The van der Waals surface area contributed by atoms with Gasteiger partial charge in [0.1, 0.15) is 12.7 Å². The van der Waals surface area contributed by atoms with Crippen molar-refractivity contribution < 1.29 is 22.1 Å². The average Bonchev–Trinajstić information content (AvgIpc) is 2.60. The third kappa shape index (κ3) is 2.09. The molecule has 0 saturated carbocycles. The van der Waals surface area contributed by atoms with Crippen LogP contribution in [0.4, 0.5) is 4.39 Å². The van der Waals surface area contributed by atoms with E-state index in [1.807, 2.05) is 4.98 Å². The molecule has 0 spiro atoms. The molecule has 0 unspecified atom stereocenters. The molecule has 0 bridgehead atoms. The molecule has 100 valence electrons. The first-order valence-corrected chi connectivity index (χ1v) is 5.14. The minimum absolute atomic E-state index is 0.128. The van der Waals surface area contributed by atoms with Gasteiger partial charge in [-0.2, -0.15) is 0 Å². The van der Waals surface area contributed by atoms with Crippen LogP contribution in [0.25, 0.3) is 0 Å². The van der Waals surface area contributed by atoms with E-state index in [9.17, 15) is 19.1 Å². The minimum atomic E-state index is -3.34. The number of nitrogens with zero attached hydrogens (tertiary/aromatic N) is 1. The predicted molar refractivity (Wildman–Crippen MR) is 57.7 cm³/mol. The summed E-state index contributed by atoms with van der Waals surface area (Å²) >= 11 is 0. The number of nitrogens with one attached hydrogen (secondary N) is 1. The van der Waals surface area contributed by atoms with E-state index in [0.717, 1.165) is 10.8 Å². The minimum Gasteiger partial charge on any atom is -0.390 e. The second-order valence-electron chi connectivity index (χ2n) is 4.10. The van der Waals surface area contributed by atoms with Crippen LogP contribution in [0.1, 0.15) is 21.0 Å². The van der Waals surface area contributed by atoms with Gasteiger partial charge in [-0.05, 0) is 6.92 Å². The van der Waals surface area contributed by atoms with E-state index in [1.165, 1.54) is 6.92 Å². The fraction of sp³-hybridized carbons (Fsp3) is 0.600. The molecule has 1 aliphatic rings. The number of aryl methyl sites for hydroxylation is 1. The number of hydrogen-bond donors (Lipinski definition) is 3. The van der Waals surface area contributed by atoms with Crippen LogP contribution in [0.2, 0.25) is 0 Å². The molecule has 8 heteroatoms. The van der Waals surface area contributed by atoms with Crippen molar-refractivity contribution in [1.82, 2.24) is 9.55 Å². The topological polar surface area (TPSA) is 105 Å². The lowest BCUT2D eigenvalue weighted by Crippen LogP contribution is -2.36. The number of rotatable bonds is 2. The number of aliphatic hydroxyl groups is 2. The fourth-order valence-corrected chi connectivity index (χ4v) is 1.78. The van der Waals surface area contributed by atoms with Crippen LogP contribution in [-0.4, -0.2) is 38.3 Å². The van der Waals surface area contributed by atoms with Crippen LogP contribution in [0, 0.1) is 6.92 Å². The predicted octanol–water partition coefficient (Wildman–Crippen LogP) is -1.22. The summed E-state index contributed by atoms with van der Waals surface area (Å²) in [4.78, 5) is 24.8. The first-order chi connectivity index (χ1) is 9.05. The molecular formula is C10H13FN2O5. The van der Waals surface area contributed by atoms with Crippen molar-refractivity contribution >= 4 is 0 Å². The normalized spacial score (nSPS) is 34.2. The van der Waals surface area contributed by atoms with Crippen LogP contribution in [0.15, 0.2) is 15.8 Å². The summed E-state index contributed by atoms with van der Waals surface area (Å²) in [5, 5.41) is 18.8. The van der Waals surface area contributed by atoms with Crippen LogP contribution < -0.4 is 11.2 Å². The highest BCUT2D eigenvalue weighted by Crippen LogP contribution is 2.36. The number of halogens is 1. The molecule has 2 rings (SSSR count). The summed E-state index contributed by atoms with van der Waals surface area (Å²) in [6, 6.07) is 0. The molecule has 1 aromatic heterocycles. The Labute approximate surface area is 103 Å². The second-order valence-corrected chi connectivity index (χ2v) is 4.10. The largest absolute Gasteiger partial charge is 0.390 e. The van der Waals surface area contributed by atoms with Gasteiger partial charge in [0, 0.05) is 18.2 Å². The molecular weight excluding hydrogens is 247 g/mol. The molecule has 1 aromatic rings. The highest BCUT2D eigenvalue weighted by Gasteiger charge is 2.47. The van der Waals surface area contributed by atoms with E-state index in [2.05, 4.69) is 4.74 Å². The van der Waals surface area contributed by atoms with Gasteiger partial charge in [-0.15, -0.1) is 0 Å². The first kappa shape index (κ1) is 10.4. The van der Waals surface area contributed by atoms with E-state index in [1.54, 1.807) is 0 Å². The standard InChI is InChI=1S/C10H13FN2O5/c1-5-3-13(9(17)12-7(5)16)8-6(15)2-10(11,4-14)18-8/h3,6,8,14-15H,2,4H2,1H3,(H,12,16,17)/t6-,8-,10+/m1/s1/i4D2. The van der Waals surface area contributed by atoms with Gasteiger partial charge in [-0.25, -0.2) is 9.18 Å². The molecule has 0 amide bonds. The average molecular weight is 262 g/mol. The van der Waals surface area contributed by atoms with Crippen LogP contribution in [0.5, 0.6) is 0 Å². The zero-order valence-electron chi connectivity index (χ0n) is 11.4. The third-order valence-electron chi connectivity index (χ3n) is 2.70. The zero-order chi connectivity index (χ0) is 15.3. The molecule has 0 radical (unpaired) electrons. The summed E-state index contributed by atoms with van der Waals surface area (Å²) in [6.07, 6.45) is -2.91. The van der Waals surface area contributed by atoms with Crippen molar-refractivity contribution in [2.24, 2.45) is 0 Å². The number of H-pyrrole nitrogens is 1. The zero-order valence-corrected chi connectivity index (χ0v) is 9.38. The maximum Gasteiger partial charge on any atom is 0.330 e. The van der Waals surface area contributed by atoms with Crippen molar-refractivity contribution in [3.05, 3.63) is 32.6 Å². The van der Waals surface area contributed by atoms with Crippen molar-refractivity contribution in [2.75, 3.05) is 6.56 Å². The number of aromatic nitrogens is 2. The summed E-state index contributed by atoms with van der Waals surface area (Å²) in [7, 11) is 0. The SMILES string of the molecule is [2H]C([2H])(O)[C@]1(F)C[C@@H](O)[C@H](n2cc(C)c(=O)[nH]c2=O)O1. The van der Waals surface area contributed by atoms with Gasteiger partial charge in [-0.3, -0.25) is 14.3 Å². The van der Waals surface area contributed by atoms with Crippen molar-refractivity contribution in [3.63, 3.8) is 0 Å². The highest BCUT2D eigenvalue weighted by molar-refractivity contribution is 5.02. The Bertz CT molecular complexity index is 640. The lowest BCUT2D eigenvalue weighted by Gasteiger charge is -2.19. The van der Waals surface area contributed by atoms with Gasteiger partial charge in [0.05, 0.1) is 2.74 Å². The Morgan fingerprint density at radius 3 is 3.00 bits per heavy atom. The molecule has 1 aliphatic heterocycles. The van der Waals surface area contributed by atoms with E-state index < -0.39 is 42.4 Å². The number of alkyl halides is 1. The van der Waals surface area contributed by atoms with Gasteiger partial charge >= 0.3 is 5.69 Å². The van der Waals surface area contributed by atoms with E-state index in [0.29, 0.717) is 0 Å². The third-order valence-corrected chi connectivity index (χ3v) is 2.70. The number of hydrogen-bond acceptors (Lipinski definition) is 5. The van der Waals surface area contributed by atoms with Crippen molar-refractivity contribution in [2.45, 2.75) is 31.5 Å². The maximum absolute atomic E-state index is 14.1. The summed E-state index contributed by atoms with van der Waals surface area (Å²) in [6.45, 7) is -1.95. The molecule has 7 nitrogen and oxygen atoms in total. The quantitative estimate of drug-likeness (QED) is 0.620. The number of aromatic amines is 1. The van der Waals surface area contributed by atoms with Gasteiger partial charge in [0.15, 0.2) is 6.23 Å². The van der Waals surface area contributed by atoms with E-state index >= 15 is 0 Å². The Balaban J connectivity index is 2.43. The molecule has 2 heterocycles. The van der Waals surface area contributed by atoms with Gasteiger partial charge in [0.25, 0.3) is 5.56 Å². The molecule has 0 aliphatic carbocycles. The van der Waals surface area contributed by atoms with Crippen molar-refractivity contribution in [1.29, 1.82) is 0 Å². The molecule has 18 heavy (non-hydrogen) atoms. The van der Waals surface area contributed by atoms with Crippen LogP contribution >= 0.6 is 0 Å². The molecule has 1 fully saturated rings. The van der Waals surface area contributed by atoms with Crippen LogP contribution in [-0.2, 0) is 4.74 Å². The van der Waals surface area contributed by atoms with E-state index in [4.69, 9.17) is 7.85 Å². The number of aliphatic hydroxyl groups excluding tert-OH is 1. The summed E-state index contributed by atoms with van der Waals surface area (Å²) in [5.41, 5.74) is -1.45. The Hall–Kier alpha value is -1.51. The van der Waals surface area contributed by atoms with Gasteiger partial charge < -0.3 is 14.9 Å². The van der Waals surface area contributed by atoms with Gasteiger partial charge in [-0.1, -0.05) is 0 Å². The molecule has 1 saturated heterocycles. The first-order valence-electron chi connectivity index (χ1n) is 6.14. The molecule has 3 atom stereocenters. The van der Waals surface area contributed by atoms with Crippen LogP contribution in [0.3, 0.4) is 0 Å². The maximum atomic E-state index is 14.1. The molecule has 0 aromatic carbocycles. The lowest BCUT2D eigenvalue weighted by atomic mass is 10.2. The second kappa shape index (κ2) is 4.30. The Morgan fingerprint density at radius 1 is 1.78 bits per heavy atom. The van der Waals surface area contributed by atoms with Gasteiger partial charge in [0.2, 0.25) is 5.85 Å².